The largest absolute Gasteiger partial charge is 0.416 e. The van der Waals surface area contributed by atoms with Crippen molar-refractivity contribution in [2.24, 2.45) is 5.92 Å². The summed E-state index contributed by atoms with van der Waals surface area (Å²) in [7, 11) is 0. The molecule has 1 aromatic carbocycles. The molecule has 1 nitrogen and oxygen atoms in total. The molecular formula is C17H28F3N. The lowest BCUT2D eigenvalue weighted by molar-refractivity contribution is -0.137. The summed E-state index contributed by atoms with van der Waals surface area (Å²) in [4.78, 5) is 2.04. The maximum absolute atomic E-state index is 12.6. The second-order valence-corrected chi connectivity index (χ2v) is 4.72. The van der Waals surface area contributed by atoms with Crippen molar-refractivity contribution >= 4 is 5.69 Å². The Morgan fingerprint density at radius 2 is 1.52 bits per heavy atom. The summed E-state index contributed by atoms with van der Waals surface area (Å²) >= 11 is 0. The predicted molar refractivity (Wildman–Crippen MR) is 84.8 cm³/mol. The van der Waals surface area contributed by atoms with Crippen molar-refractivity contribution in [3.05, 3.63) is 29.8 Å². The zero-order valence-corrected chi connectivity index (χ0v) is 13.8. The van der Waals surface area contributed by atoms with Crippen LogP contribution < -0.4 is 4.90 Å². The lowest BCUT2D eigenvalue weighted by Gasteiger charge is -2.32. The molecule has 21 heavy (non-hydrogen) atoms. The molecule has 0 N–H and O–H groups in total. The van der Waals surface area contributed by atoms with Crippen molar-refractivity contribution in [3.63, 3.8) is 0 Å². The van der Waals surface area contributed by atoms with Crippen molar-refractivity contribution in [2.45, 2.75) is 53.6 Å². The van der Waals surface area contributed by atoms with E-state index in [9.17, 15) is 13.2 Å². The van der Waals surface area contributed by atoms with Crippen LogP contribution in [0.5, 0.6) is 0 Å². The molecule has 1 aliphatic rings. The molecule has 2 rings (SSSR count). The molecule has 0 aliphatic carbocycles. The number of piperidine rings is 1. The standard InChI is InChI=1S/C13H16F3N.2C2H6/c1-10-5-7-17(8-6-10)12-4-2-3-11(9-12)13(14,15)16;2*1-2/h2-4,9-10H,5-8H2,1H3;2*1-2H3. The van der Waals surface area contributed by atoms with Gasteiger partial charge >= 0.3 is 6.18 Å². The van der Waals surface area contributed by atoms with Crippen LogP contribution in [0.4, 0.5) is 18.9 Å². The summed E-state index contributed by atoms with van der Waals surface area (Å²) in [6, 6.07) is 5.60. The van der Waals surface area contributed by atoms with Crippen LogP contribution >= 0.6 is 0 Å². The molecule has 0 amide bonds. The number of halogens is 3. The second-order valence-electron chi connectivity index (χ2n) is 4.72. The molecule has 0 aromatic heterocycles. The number of benzene rings is 1. The minimum Gasteiger partial charge on any atom is -0.372 e. The minimum absolute atomic E-state index is 0.561. The smallest absolute Gasteiger partial charge is 0.372 e. The summed E-state index contributed by atoms with van der Waals surface area (Å²) in [5.74, 6) is 0.678. The summed E-state index contributed by atoms with van der Waals surface area (Å²) < 4.78 is 37.7. The van der Waals surface area contributed by atoms with Crippen LogP contribution in [0.15, 0.2) is 24.3 Å². The highest BCUT2D eigenvalue weighted by Crippen LogP contribution is 2.32. The average molecular weight is 303 g/mol. The molecule has 122 valence electrons. The predicted octanol–water partition coefficient (Wildman–Crippen LogP) is 5.99. The molecule has 1 aromatic rings. The fourth-order valence-corrected chi connectivity index (χ4v) is 2.15. The Kier molecular flexibility index (Phi) is 9.14. The molecule has 0 saturated carbocycles. The van der Waals surface area contributed by atoms with Gasteiger partial charge in [0.15, 0.2) is 0 Å². The van der Waals surface area contributed by atoms with E-state index in [2.05, 4.69) is 6.92 Å². The van der Waals surface area contributed by atoms with Gasteiger partial charge < -0.3 is 4.90 Å². The number of hydrogen-bond donors (Lipinski definition) is 0. The fourth-order valence-electron chi connectivity index (χ4n) is 2.15. The van der Waals surface area contributed by atoms with Gasteiger partial charge in [-0.05, 0) is 37.0 Å². The van der Waals surface area contributed by atoms with Gasteiger partial charge in [-0.15, -0.1) is 0 Å². The van der Waals surface area contributed by atoms with Gasteiger partial charge in [-0.25, -0.2) is 0 Å². The molecule has 1 aliphatic heterocycles. The molecule has 1 heterocycles. The van der Waals surface area contributed by atoms with Gasteiger partial charge in [0.05, 0.1) is 5.56 Å². The zero-order valence-electron chi connectivity index (χ0n) is 13.8. The van der Waals surface area contributed by atoms with Gasteiger partial charge in [0, 0.05) is 18.8 Å². The van der Waals surface area contributed by atoms with E-state index >= 15 is 0 Å². The van der Waals surface area contributed by atoms with Crippen molar-refractivity contribution in [1.29, 1.82) is 0 Å². The third-order valence-electron chi connectivity index (χ3n) is 3.32. The van der Waals surface area contributed by atoms with E-state index in [1.165, 1.54) is 12.1 Å². The SMILES string of the molecule is CC.CC.CC1CCN(c2cccc(C(F)(F)F)c2)CC1. The Labute approximate surface area is 127 Å². The third-order valence-corrected chi connectivity index (χ3v) is 3.32. The first kappa shape index (κ1) is 19.8. The third kappa shape index (κ3) is 6.40. The fraction of sp³-hybridized carbons (Fsp3) is 0.647. The molecular weight excluding hydrogens is 275 g/mol. The van der Waals surface area contributed by atoms with E-state index in [0.717, 1.165) is 32.0 Å². The van der Waals surface area contributed by atoms with Crippen molar-refractivity contribution in [1.82, 2.24) is 0 Å². The van der Waals surface area contributed by atoms with E-state index in [1.54, 1.807) is 6.07 Å². The molecule has 0 unspecified atom stereocenters. The highest BCUT2D eigenvalue weighted by atomic mass is 19.4. The van der Waals surface area contributed by atoms with Crippen LogP contribution in [0.2, 0.25) is 0 Å². The first-order valence-electron chi connectivity index (χ1n) is 7.89. The number of alkyl halides is 3. The van der Waals surface area contributed by atoms with Crippen LogP contribution in [0.1, 0.15) is 53.0 Å². The van der Waals surface area contributed by atoms with Crippen LogP contribution in [-0.4, -0.2) is 13.1 Å². The van der Waals surface area contributed by atoms with Crippen LogP contribution in [0, 0.1) is 5.92 Å². The van der Waals surface area contributed by atoms with E-state index < -0.39 is 11.7 Å². The van der Waals surface area contributed by atoms with E-state index in [-0.39, 0.29) is 0 Å². The normalized spacial score (nSPS) is 15.5. The summed E-state index contributed by atoms with van der Waals surface area (Å²) in [6.07, 6.45) is -2.15. The summed E-state index contributed by atoms with van der Waals surface area (Å²) in [6.45, 7) is 11.9. The van der Waals surface area contributed by atoms with Gasteiger partial charge in [0.1, 0.15) is 0 Å². The van der Waals surface area contributed by atoms with E-state index in [1.807, 2.05) is 32.6 Å². The zero-order chi connectivity index (χ0) is 16.5. The van der Waals surface area contributed by atoms with Crippen LogP contribution in [-0.2, 0) is 6.18 Å². The first-order valence-corrected chi connectivity index (χ1v) is 7.89. The van der Waals surface area contributed by atoms with E-state index in [4.69, 9.17) is 0 Å². The molecule has 0 radical (unpaired) electrons. The van der Waals surface area contributed by atoms with E-state index in [0.29, 0.717) is 11.6 Å². The van der Waals surface area contributed by atoms with Crippen molar-refractivity contribution in [3.8, 4) is 0 Å². The maximum Gasteiger partial charge on any atom is 0.416 e. The van der Waals surface area contributed by atoms with Crippen molar-refractivity contribution in [2.75, 3.05) is 18.0 Å². The highest BCUT2D eigenvalue weighted by molar-refractivity contribution is 5.49. The molecule has 1 saturated heterocycles. The number of anilines is 1. The van der Waals surface area contributed by atoms with Gasteiger partial charge in [0.2, 0.25) is 0 Å². The summed E-state index contributed by atoms with van der Waals surface area (Å²) in [5.41, 5.74) is 0.125. The lowest BCUT2D eigenvalue weighted by Crippen LogP contribution is -2.32. The second kappa shape index (κ2) is 9.69. The monoisotopic (exact) mass is 303 g/mol. The molecule has 0 spiro atoms. The Balaban J connectivity index is 0.000000921. The van der Waals surface area contributed by atoms with Gasteiger partial charge in [-0.2, -0.15) is 13.2 Å². The Morgan fingerprint density at radius 3 is 2.00 bits per heavy atom. The maximum atomic E-state index is 12.6. The van der Waals surface area contributed by atoms with Crippen LogP contribution in [0.3, 0.4) is 0 Å². The van der Waals surface area contributed by atoms with Gasteiger partial charge in [-0.1, -0.05) is 40.7 Å². The average Bonchev–Trinajstić information content (AvgIpc) is 2.51. The number of hydrogen-bond acceptors (Lipinski definition) is 1. The first-order chi connectivity index (χ1) is 9.97. The number of rotatable bonds is 1. The summed E-state index contributed by atoms with van der Waals surface area (Å²) in [5, 5.41) is 0. The Morgan fingerprint density at radius 1 is 1.00 bits per heavy atom. The Bertz CT molecular complexity index is 380. The molecule has 0 atom stereocenters. The van der Waals surface area contributed by atoms with Crippen molar-refractivity contribution < 1.29 is 13.2 Å². The molecule has 1 fully saturated rings. The topological polar surface area (TPSA) is 3.24 Å². The minimum atomic E-state index is -4.25. The molecule has 4 heteroatoms. The molecule has 0 bridgehead atoms. The lowest BCUT2D eigenvalue weighted by atomic mass is 9.98. The number of nitrogens with zero attached hydrogens (tertiary/aromatic N) is 1. The van der Waals surface area contributed by atoms with Crippen LogP contribution in [0.25, 0.3) is 0 Å². The Hall–Kier alpha value is -1.19. The van der Waals surface area contributed by atoms with Gasteiger partial charge in [0.25, 0.3) is 0 Å². The van der Waals surface area contributed by atoms with Gasteiger partial charge in [-0.3, -0.25) is 0 Å². The quantitative estimate of drug-likeness (QED) is 0.615. The highest BCUT2D eigenvalue weighted by Gasteiger charge is 2.31.